The number of nitrogens with one attached hydrogen (secondary N) is 1. The van der Waals surface area contributed by atoms with E-state index in [2.05, 4.69) is 5.32 Å². The van der Waals surface area contributed by atoms with E-state index < -0.39 is 5.91 Å². The van der Waals surface area contributed by atoms with E-state index in [9.17, 15) is 9.59 Å². The normalized spacial score (nSPS) is 10.8. The highest BCUT2D eigenvalue weighted by Gasteiger charge is 2.18. The average Bonchev–Trinajstić information content (AvgIpc) is 2.82. The fourth-order valence-electron chi connectivity index (χ4n) is 3.50. The third-order valence-corrected chi connectivity index (χ3v) is 5.07. The SMILES string of the molecule is COc1cc(C(=O)Nc2ccc3c(=O)c4cccc(OC)c4oc3c2)cc(OC)c1OC. The molecule has 32 heavy (non-hydrogen) atoms. The molecule has 0 aliphatic carbocycles. The van der Waals surface area contributed by atoms with E-state index >= 15 is 0 Å². The van der Waals surface area contributed by atoms with Gasteiger partial charge in [0.2, 0.25) is 11.2 Å². The third-order valence-electron chi connectivity index (χ3n) is 5.07. The monoisotopic (exact) mass is 435 g/mol. The topological polar surface area (TPSA) is 96.2 Å². The minimum Gasteiger partial charge on any atom is -0.493 e. The number of benzene rings is 3. The molecule has 0 bridgehead atoms. The molecular formula is C24H21NO7. The first-order chi connectivity index (χ1) is 15.5. The summed E-state index contributed by atoms with van der Waals surface area (Å²) in [7, 11) is 5.94. The molecule has 0 aliphatic rings. The number of ether oxygens (including phenoxy) is 4. The Balaban J connectivity index is 1.74. The van der Waals surface area contributed by atoms with Gasteiger partial charge >= 0.3 is 0 Å². The van der Waals surface area contributed by atoms with Crippen LogP contribution in [0.15, 0.2) is 57.7 Å². The molecule has 0 fully saturated rings. The van der Waals surface area contributed by atoms with Gasteiger partial charge in [0.1, 0.15) is 5.58 Å². The maximum absolute atomic E-state index is 12.9. The number of fused-ring (bicyclic) bond motifs is 2. The molecule has 1 amide bonds. The van der Waals surface area contributed by atoms with Crippen molar-refractivity contribution in [3.05, 3.63) is 64.3 Å². The minimum atomic E-state index is -0.399. The summed E-state index contributed by atoms with van der Waals surface area (Å²) in [5.74, 6) is 1.16. The highest BCUT2D eigenvalue weighted by atomic mass is 16.5. The lowest BCUT2D eigenvalue weighted by Crippen LogP contribution is -2.13. The molecular weight excluding hydrogens is 414 g/mol. The number of para-hydroxylation sites is 1. The van der Waals surface area contributed by atoms with Gasteiger partial charge in [-0.1, -0.05) is 6.07 Å². The molecule has 0 spiro atoms. The van der Waals surface area contributed by atoms with Gasteiger partial charge in [0, 0.05) is 17.3 Å². The second kappa shape index (κ2) is 8.50. The maximum atomic E-state index is 12.9. The van der Waals surface area contributed by atoms with E-state index in [-0.39, 0.29) is 5.43 Å². The smallest absolute Gasteiger partial charge is 0.255 e. The van der Waals surface area contributed by atoms with Gasteiger partial charge in [0.25, 0.3) is 5.91 Å². The second-order valence-corrected chi connectivity index (χ2v) is 6.85. The molecule has 0 radical (unpaired) electrons. The Morgan fingerprint density at radius 2 is 1.50 bits per heavy atom. The summed E-state index contributed by atoms with van der Waals surface area (Å²) in [6, 6.07) is 13.1. The molecule has 8 heteroatoms. The molecule has 4 aromatic rings. The fourth-order valence-corrected chi connectivity index (χ4v) is 3.50. The van der Waals surface area contributed by atoms with Crippen molar-refractivity contribution in [1.82, 2.24) is 0 Å². The highest BCUT2D eigenvalue weighted by Crippen LogP contribution is 2.38. The molecule has 0 unspecified atom stereocenters. The van der Waals surface area contributed by atoms with Crippen LogP contribution in [-0.4, -0.2) is 34.3 Å². The fraction of sp³-hybridized carbons (Fsp3) is 0.167. The zero-order valence-corrected chi connectivity index (χ0v) is 18.0. The molecule has 0 saturated heterocycles. The summed E-state index contributed by atoms with van der Waals surface area (Å²) >= 11 is 0. The van der Waals surface area contributed by atoms with Gasteiger partial charge in [0.15, 0.2) is 22.8 Å². The van der Waals surface area contributed by atoms with Crippen LogP contribution in [0.5, 0.6) is 23.0 Å². The summed E-state index contributed by atoms with van der Waals surface area (Å²) in [6.07, 6.45) is 0. The van der Waals surface area contributed by atoms with Crippen molar-refractivity contribution in [2.24, 2.45) is 0 Å². The molecule has 1 aromatic heterocycles. The number of methoxy groups -OCH3 is 4. The van der Waals surface area contributed by atoms with Crippen molar-refractivity contribution >= 4 is 33.5 Å². The standard InChI is InChI=1S/C24H21NO7/c1-28-17-7-5-6-16-21(26)15-9-8-14(12-18(15)32-22(16)17)25-24(27)13-10-19(29-2)23(31-4)20(11-13)30-3/h5-12H,1-4H3,(H,25,27). The predicted octanol–water partition coefficient (Wildman–Crippen LogP) is 4.23. The molecule has 0 saturated carbocycles. The molecule has 8 nitrogen and oxygen atoms in total. The van der Waals surface area contributed by atoms with Gasteiger partial charge in [-0.05, 0) is 36.4 Å². The first-order valence-corrected chi connectivity index (χ1v) is 9.65. The zero-order valence-electron chi connectivity index (χ0n) is 18.0. The van der Waals surface area contributed by atoms with Gasteiger partial charge < -0.3 is 28.7 Å². The number of carbonyl (C=O) groups excluding carboxylic acids is 1. The van der Waals surface area contributed by atoms with Crippen LogP contribution in [-0.2, 0) is 0 Å². The summed E-state index contributed by atoms with van der Waals surface area (Å²) in [6.45, 7) is 0. The quantitative estimate of drug-likeness (QED) is 0.453. The Bertz CT molecular complexity index is 1370. The number of rotatable bonds is 6. The minimum absolute atomic E-state index is 0.178. The Morgan fingerprint density at radius 1 is 0.812 bits per heavy atom. The molecule has 0 aliphatic heterocycles. The van der Waals surface area contributed by atoms with Crippen molar-refractivity contribution in [1.29, 1.82) is 0 Å². The van der Waals surface area contributed by atoms with E-state index in [0.717, 1.165) is 0 Å². The lowest BCUT2D eigenvalue weighted by atomic mass is 10.1. The molecule has 4 rings (SSSR count). The van der Waals surface area contributed by atoms with Gasteiger partial charge in [0.05, 0.1) is 39.2 Å². The molecule has 0 atom stereocenters. The van der Waals surface area contributed by atoms with Crippen LogP contribution in [0.25, 0.3) is 21.9 Å². The van der Waals surface area contributed by atoms with Crippen molar-refractivity contribution in [2.45, 2.75) is 0 Å². The van der Waals surface area contributed by atoms with Crippen molar-refractivity contribution < 1.29 is 28.2 Å². The van der Waals surface area contributed by atoms with Crippen LogP contribution >= 0.6 is 0 Å². The number of hydrogen-bond donors (Lipinski definition) is 1. The van der Waals surface area contributed by atoms with Crippen LogP contribution in [0.1, 0.15) is 10.4 Å². The van der Waals surface area contributed by atoms with Crippen molar-refractivity contribution in [3.63, 3.8) is 0 Å². The number of amides is 1. The van der Waals surface area contributed by atoms with Crippen LogP contribution in [0.2, 0.25) is 0 Å². The highest BCUT2D eigenvalue weighted by molar-refractivity contribution is 6.06. The van der Waals surface area contributed by atoms with Gasteiger partial charge in [-0.15, -0.1) is 0 Å². The van der Waals surface area contributed by atoms with E-state index in [1.165, 1.54) is 28.4 Å². The van der Waals surface area contributed by atoms with Gasteiger partial charge in [-0.25, -0.2) is 0 Å². The Labute approximate surface area is 183 Å². The Kier molecular flexibility index (Phi) is 5.59. The van der Waals surface area contributed by atoms with E-state index in [4.69, 9.17) is 23.4 Å². The summed E-state index contributed by atoms with van der Waals surface area (Å²) < 4.78 is 27.2. The van der Waals surface area contributed by atoms with Crippen LogP contribution < -0.4 is 29.7 Å². The lowest BCUT2D eigenvalue weighted by Gasteiger charge is -2.14. The second-order valence-electron chi connectivity index (χ2n) is 6.85. The van der Waals surface area contributed by atoms with Crippen molar-refractivity contribution in [3.8, 4) is 23.0 Å². The third kappa shape index (κ3) is 3.56. The van der Waals surface area contributed by atoms with Gasteiger partial charge in [-0.2, -0.15) is 0 Å². The predicted molar refractivity (Wildman–Crippen MR) is 121 cm³/mol. The van der Waals surface area contributed by atoms with E-state index in [0.29, 0.717) is 56.2 Å². The summed E-state index contributed by atoms with van der Waals surface area (Å²) in [4.78, 5) is 25.8. The van der Waals surface area contributed by atoms with Crippen LogP contribution in [0, 0.1) is 0 Å². The van der Waals surface area contributed by atoms with Crippen LogP contribution in [0.3, 0.4) is 0 Å². The van der Waals surface area contributed by atoms with E-state index in [1.807, 2.05) is 0 Å². The Morgan fingerprint density at radius 3 is 2.12 bits per heavy atom. The first-order valence-electron chi connectivity index (χ1n) is 9.65. The maximum Gasteiger partial charge on any atom is 0.255 e. The average molecular weight is 435 g/mol. The largest absolute Gasteiger partial charge is 0.493 e. The summed E-state index contributed by atoms with van der Waals surface area (Å²) in [5.41, 5.74) is 1.26. The number of anilines is 1. The molecule has 1 N–H and O–H groups in total. The van der Waals surface area contributed by atoms with Crippen molar-refractivity contribution in [2.75, 3.05) is 33.8 Å². The molecule has 1 heterocycles. The summed E-state index contributed by atoms with van der Waals surface area (Å²) in [5, 5.41) is 3.62. The lowest BCUT2D eigenvalue weighted by molar-refractivity contribution is 0.102. The first kappa shape index (κ1) is 21.0. The zero-order chi connectivity index (χ0) is 22.8. The molecule has 3 aromatic carbocycles. The Hall–Kier alpha value is -4.20. The van der Waals surface area contributed by atoms with Gasteiger partial charge in [-0.3, -0.25) is 9.59 Å². The number of hydrogen-bond acceptors (Lipinski definition) is 7. The van der Waals surface area contributed by atoms with E-state index in [1.54, 1.807) is 48.5 Å². The van der Waals surface area contributed by atoms with Crippen LogP contribution in [0.4, 0.5) is 5.69 Å². The molecule has 164 valence electrons. The number of carbonyl (C=O) groups is 1.